The van der Waals surface area contributed by atoms with Crippen LogP contribution in [0.25, 0.3) is 0 Å². The molecule has 10 heterocycles. The summed E-state index contributed by atoms with van der Waals surface area (Å²) in [4.78, 5) is 153. The predicted molar refractivity (Wildman–Crippen MR) is 426 cm³/mol. The van der Waals surface area contributed by atoms with Crippen LogP contribution in [0.15, 0.2) is 138 Å². The number of anilines is 1. The van der Waals surface area contributed by atoms with Gasteiger partial charge < -0.3 is 24.3 Å². The summed E-state index contributed by atoms with van der Waals surface area (Å²) in [6.45, 7) is 40.4. The molecule has 0 bridgehead atoms. The molecule has 3 aromatic carbocycles. The molecule has 7 aliphatic heterocycles. The summed E-state index contributed by atoms with van der Waals surface area (Å²) in [6.07, 6.45) is 15.1. The van der Waals surface area contributed by atoms with Crippen molar-refractivity contribution in [2.75, 3.05) is 53.7 Å². The Hall–Kier alpha value is -10.4. The lowest BCUT2D eigenvalue weighted by Gasteiger charge is -2.17. The van der Waals surface area contributed by atoms with Crippen molar-refractivity contribution in [3.63, 3.8) is 0 Å². The average molecular weight is 1480 g/mol. The second-order valence-corrected chi connectivity index (χ2v) is 22.0. The van der Waals surface area contributed by atoms with Gasteiger partial charge in [0.2, 0.25) is 35.4 Å². The highest BCUT2D eigenvalue weighted by molar-refractivity contribution is 6.21. The van der Waals surface area contributed by atoms with E-state index in [4.69, 9.17) is 0 Å². The smallest absolute Gasteiger partial charge is 0.346 e. The van der Waals surface area contributed by atoms with E-state index in [0.717, 1.165) is 56.1 Å². The molecule has 26 heteroatoms. The van der Waals surface area contributed by atoms with Crippen molar-refractivity contribution < 1.29 is 52.7 Å². The molecule has 2 atom stereocenters. The molecule has 0 spiro atoms. The molecule has 11 amide bonds. The van der Waals surface area contributed by atoms with Gasteiger partial charge in [-0.15, -0.1) is 0 Å². The Labute approximate surface area is 632 Å². The monoisotopic (exact) mass is 1480 g/mol. The number of aryl methyl sites for hydroxylation is 2. The van der Waals surface area contributed by atoms with E-state index in [1.165, 1.54) is 66.6 Å². The van der Waals surface area contributed by atoms with Gasteiger partial charge in [0, 0.05) is 157 Å². The van der Waals surface area contributed by atoms with Gasteiger partial charge in [-0.05, 0) is 60.9 Å². The third-order valence-corrected chi connectivity index (χ3v) is 15.3. The summed E-state index contributed by atoms with van der Waals surface area (Å²) < 4.78 is 7.45. The molecule has 1 N–H and O–H groups in total. The summed E-state index contributed by atoms with van der Waals surface area (Å²) in [5.41, 5.74) is 4.02. The number of hydrogen-bond donors (Lipinski definition) is 1. The van der Waals surface area contributed by atoms with Gasteiger partial charge in [0.15, 0.2) is 0 Å². The molecule has 7 aliphatic rings. The summed E-state index contributed by atoms with van der Waals surface area (Å²) in [6, 6.07) is 26.6. The van der Waals surface area contributed by atoms with Crippen LogP contribution in [0, 0.1) is 11.3 Å². The van der Waals surface area contributed by atoms with Crippen LogP contribution in [0.1, 0.15) is 212 Å². The molecule has 2 unspecified atom stereocenters. The number of aromatic nitrogens is 6. The quantitative estimate of drug-likeness (QED) is 0.138. The van der Waals surface area contributed by atoms with Gasteiger partial charge in [0.1, 0.15) is 0 Å². The predicted octanol–water partition coefficient (Wildman–Crippen LogP) is 11.9. The molecule has 0 aliphatic carbocycles. The molecule has 3 aromatic heterocycles. The first-order valence-electron chi connectivity index (χ1n) is 36.5. The Morgan fingerprint density at radius 2 is 0.858 bits per heavy atom. The second-order valence-electron chi connectivity index (χ2n) is 22.0. The average Bonchev–Trinajstić information content (AvgIpc) is 1.65. The first-order valence-corrected chi connectivity index (χ1v) is 36.5. The molecule has 0 saturated carbocycles. The largest absolute Gasteiger partial charge is 0.357 e. The highest BCUT2D eigenvalue weighted by atomic mass is 16.2. The number of rotatable bonds is 0. The van der Waals surface area contributed by atoms with Gasteiger partial charge in [0.25, 0.3) is 29.5 Å². The molecule has 3 fully saturated rings. The van der Waals surface area contributed by atoms with Gasteiger partial charge in [-0.3, -0.25) is 72.3 Å². The number of carbonyl (C=O) groups excluding carboxylic acids is 11. The van der Waals surface area contributed by atoms with E-state index in [2.05, 4.69) is 10.3 Å². The van der Waals surface area contributed by atoms with Crippen molar-refractivity contribution in [3.8, 4) is 0 Å². The van der Waals surface area contributed by atoms with E-state index in [0.29, 0.717) is 36.3 Å². The first-order chi connectivity index (χ1) is 50.3. The lowest BCUT2D eigenvalue weighted by molar-refractivity contribution is -0.140. The fraction of sp³-hybridized carbons (Fsp3) is 0.500. The van der Waals surface area contributed by atoms with E-state index >= 15 is 0 Å². The second kappa shape index (κ2) is 57.0. The van der Waals surface area contributed by atoms with E-state index in [-0.39, 0.29) is 82.4 Å². The van der Waals surface area contributed by atoms with Crippen molar-refractivity contribution >= 4 is 70.7 Å². The van der Waals surface area contributed by atoms with Gasteiger partial charge in [-0.25, -0.2) is 28.5 Å². The Balaban J connectivity index is -0.000000351. The van der Waals surface area contributed by atoms with Crippen LogP contribution in [-0.2, 0) is 80.0 Å². The third-order valence-electron chi connectivity index (χ3n) is 15.3. The Bertz CT molecular complexity index is 3620. The van der Waals surface area contributed by atoms with Crippen LogP contribution in [0.3, 0.4) is 0 Å². The van der Waals surface area contributed by atoms with Gasteiger partial charge in [-0.2, -0.15) is 0 Å². The fourth-order valence-corrected chi connectivity index (χ4v) is 8.93. The number of nitrogens with one attached hydrogen (secondary N) is 1. The number of imidazole rings is 1. The van der Waals surface area contributed by atoms with E-state index < -0.39 is 5.41 Å². The molecular formula is C80H129N13O13. The zero-order valence-electron chi connectivity index (χ0n) is 69.7. The summed E-state index contributed by atoms with van der Waals surface area (Å²) >= 11 is 0. The molecule has 592 valence electrons. The highest BCUT2D eigenvalue weighted by Crippen LogP contribution is 2.36. The SMILES string of the molecule is CC.CC.CC.CC.CC.CC.CC.CC.CC1C(=O)N(C)C(=O)C1(C)C.CC1NC(=O)c2ccccc21.CN1C(=O)C=CC1=O.CN1C(=O)CCC1=O.CN1C(=O)Cc2ccccc21.CN1C(=O)c2ccccc2C1=O.CN1CCCC1=O.Cn1c(=O)n(C)n(C)c1=O.Cn1cccc1.Cn1ccnc1. The zero-order chi connectivity index (χ0) is 83.5. The van der Waals surface area contributed by atoms with E-state index in [9.17, 15) is 62.3 Å². The maximum Gasteiger partial charge on any atom is 0.346 e. The van der Waals surface area contributed by atoms with Gasteiger partial charge in [0.05, 0.1) is 35.3 Å². The number of fused-ring (bicyclic) bond motifs is 3. The van der Waals surface area contributed by atoms with E-state index in [1.54, 1.807) is 81.5 Å². The number of para-hydroxylation sites is 1. The number of nitrogens with zero attached hydrogens (tertiary/aromatic N) is 12. The normalized spacial score (nSPS) is 15.4. The Morgan fingerprint density at radius 1 is 0.434 bits per heavy atom. The van der Waals surface area contributed by atoms with Crippen molar-refractivity contribution in [2.24, 2.45) is 46.6 Å². The number of carbonyl (C=O) groups is 11. The van der Waals surface area contributed by atoms with Crippen molar-refractivity contribution in [1.29, 1.82) is 0 Å². The number of hydrogen-bond acceptors (Lipinski definition) is 14. The zero-order valence-corrected chi connectivity index (χ0v) is 69.7. The third kappa shape index (κ3) is 32.7. The molecule has 0 radical (unpaired) electrons. The minimum atomic E-state index is -0.508. The van der Waals surface area contributed by atoms with Crippen LogP contribution in [0.4, 0.5) is 5.69 Å². The number of amides is 11. The van der Waals surface area contributed by atoms with Crippen LogP contribution in [0.2, 0.25) is 0 Å². The van der Waals surface area contributed by atoms with E-state index in [1.807, 2.05) is 234 Å². The van der Waals surface area contributed by atoms with Gasteiger partial charge in [-0.1, -0.05) is 180 Å². The van der Waals surface area contributed by atoms with Crippen molar-refractivity contribution in [1.82, 2.24) is 57.9 Å². The number of likely N-dealkylation sites (tertiary alicyclic amines) is 3. The fourth-order valence-electron chi connectivity index (χ4n) is 8.93. The Morgan fingerprint density at radius 3 is 1.11 bits per heavy atom. The van der Waals surface area contributed by atoms with Crippen LogP contribution in [0.5, 0.6) is 0 Å². The molecule has 26 nitrogen and oxygen atoms in total. The molecule has 3 saturated heterocycles. The maximum atomic E-state index is 11.4. The highest BCUT2D eigenvalue weighted by Gasteiger charge is 2.49. The lowest BCUT2D eigenvalue weighted by Crippen LogP contribution is -2.29. The summed E-state index contributed by atoms with van der Waals surface area (Å²) in [5.74, 6) is -0.824. The molecule has 106 heavy (non-hydrogen) atoms. The van der Waals surface area contributed by atoms with Crippen LogP contribution >= 0.6 is 0 Å². The topological polar surface area (TPSA) is 291 Å². The standard InChI is InChI=1S/C9H7NO2.2C9H9NO.C8H13NO2.C5H9N3O2.C5H7NO2.C5H5NO2.C5H9NO.C5H7N.C4H6N2.8C2H6/c1-10-8(11)6-4-2-3-5-7(6)9(10)12;1-10-8-5-3-2-4-7(8)6-9(10)11;1-6-7-4-2-3-5-8(7)9(11)10-6;1-5-6(10)9(4)7(11)8(5,2)3;1-6-4(9)7(2)8(3)5(6)10;2*1-6-4(7)2-3-5(6)8;1-6-4-2-3-5(6)7;1-6-4-2-3-5-6;1-6-3-2-5-4-6;8*1-2/h2-5H,1H3;2-5H,6H2,1H3;2-6H,1H3,(H,10,11);5H,1-4H3;1-3H3;2-3H2,1H3;2-3H,1H3;2-4H2,1H3;2-5H,1H3;2-4H,1H3;8*1-2H3. The number of likely N-dealkylation sites (N-methyl/N-ethyl adjacent to an activating group) is 2. The van der Waals surface area contributed by atoms with Crippen molar-refractivity contribution in [2.45, 2.75) is 177 Å². The lowest BCUT2D eigenvalue weighted by atomic mass is 9.82. The van der Waals surface area contributed by atoms with Crippen LogP contribution in [-0.4, -0.2) is 166 Å². The Kier molecular flexibility index (Phi) is 56.0. The molecule has 13 rings (SSSR count). The summed E-state index contributed by atoms with van der Waals surface area (Å²) in [5, 5.41) is 2.84. The number of benzene rings is 3. The number of imide groups is 4. The molecular weight excluding hydrogens is 1350 g/mol. The van der Waals surface area contributed by atoms with Crippen molar-refractivity contribution in [3.05, 3.63) is 177 Å². The van der Waals surface area contributed by atoms with Crippen LogP contribution < -0.4 is 21.6 Å². The minimum absolute atomic E-state index is 0.0492. The summed E-state index contributed by atoms with van der Waals surface area (Å²) in [7, 11) is 18.1. The molecule has 6 aromatic rings. The first kappa shape index (κ1) is 104. The van der Waals surface area contributed by atoms with Gasteiger partial charge >= 0.3 is 11.4 Å². The minimum Gasteiger partial charge on any atom is -0.357 e. The maximum absolute atomic E-state index is 11.4.